The number of hydrogen-bond donors (Lipinski definition) is 3. The lowest BCUT2D eigenvalue weighted by molar-refractivity contribution is -0.129. The molecule has 2 aliphatic heterocycles. The Morgan fingerprint density at radius 3 is 2.55 bits per heavy atom. The summed E-state index contributed by atoms with van der Waals surface area (Å²) >= 11 is 6.34. The highest BCUT2D eigenvalue weighted by Crippen LogP contribution is 2.30. The third kappa shape index (κ3) is 6.17. The van der Waals surface area contributed by atoms with Crippen molar-refractivity contribution in [2.24, 2.45) is 0 Å². The van der Waals surface area contributed by atoms with Crippen molar-refractivity contribution in [2.75, 3.05) is 41.7 Å². The van der Waals surface area contributed by atoms with Crippen LogP contribution in [0.25, 0.3) is 0 Å². The predicted molar refractivity (Wildman–Crippen MR) is 152 cm³/mol. The standard InChI is InChI=1S/C28H32ClN7O2/c1-4-26(37)36-16-22(17-36)32-21-6-5-7-24(12-21)38-27-25(29)13-30-28(34-27)33-20-8-10-23(11-9-20)35-14-18(2)31-19(3)15-35/h4-13,18-19,22,31-32H,1,14-17H2,2-3H3,(H,30,33,34). The van der Waals surface area contributed by atoms with Crippen LogP contribution in [0.2, 0.25) is 5.02 Å². The van der Waals surface area contributed by atoms with E-state index in [1.807, 2.05) is 36.4 Å². The van der Waals surface area contributed by atoms with Crippen LogP contribution in [0.5, 0.6) is 11.6 Å². The minimum atomic E-state index is -0.0530. The van der Waals surface area contributed by atoms with Crippen LogP contribution in [0, 0.1) is 0 Å². The van der Waals surface area contributed by atoms with Crippen LogP contribution in [0.1, 0.15) is 13.8 Å². The van der Waals surface area contributed by atoms with Crippen LogP contribution >= 0.6 is 11.6 Å². The molecule has 3 heterocycles. The third-order valence-corrected chi connectivity index (χ3v) is 6.80. The molecule has 5 rings (SSSR count). The second kappa shape index (κ2) is 11.3. The SMILES string of the molecule is C=CC(=O)N1CC(Nc2cccc(Oc3nc(Nc4ccc(N5CC(C)NC(C)C5)cc4)ncc3Cl)c2)C1. The normalized spacial score (nSPS) is 19.4. The van der Waals surface area contributed by atoms with Crippen LogP contribution in [-0.4, -0.2) is 65.1 Å². The smallest absolute Gasteiger partial charge is 0.246 e. The van der Waals surface area contributed by atoms with E-state index < -0.39 is 0 Å². The molecule has 198 valence electrons. The molecule has 0 saturated carbocycles. The fraction of sp³-hybridized carbons (Fsp3) is 0.321. The van der Waals surface area contributed by atoms with Crippen molar-refractivity contribution in [3.05, 3.63) is 72.4 Å². The fourth-order valence-electron chi connectivity index (χ4n) is 4.78. The maximum atomic E-state index is 11.7. The summed E-state index contributed by atoms with van der Waals surface area (Å²) in [5.74, 6) is 1.18. The summed E-state index contributed by atoms with van der Waals surface area (Å²) in [5.41, 5.74) is 2.94. The number of halogens is 1. The molecule has 3 aromatic rings. The summed E-state index contributed by atoms with van der Waals surface area (Å²) in [6.45, 7) is 11.2. The quantitative estimate of drug-likeness (QED) is 0.360. The number of nitrogens with one attached hydrogen (secondary N) is 3. The highest BCUT2D eigenvalue weighted by Gasteiger charge is 2.29. The minimum Gasteiger partial charge on any atom is -0.437 e. The van der Waals surface area contributed by atoms with E-state index in [1.165, 1.54) is 18.0 Å². The monoisotopic (exact) mass is 533 g/mol. The second-order valence-corrected chi connectivity index (χ2v) is 10.2. The lowest BCUT2D eigenvalue weighted by Crippen LogP contribution is -2.56. The predicted octanol–water partition coefficient (Wildman–Crippen LogP) is 4.66. The van der Waals surface area contributed by atoms with E-state index in [0.29, 0.717) is 41.9 Å². The van der Waals surface area contributed by atoms with E-state index in [0.717, 1.165) is 24.5 Å². The molecule has 3 N–H and O–H groups in total. The van der Waals surface area contributed by atoms with E-state index in [9.17, 15) is 4.79 Å². The van der Waals surface area contributed by atoms with Gasteiger partial charge in [-0.25, -0.2) is 4.98 Å². The lowest BCUT2D eigenvalue weighted by Gasteiger charge is -2.39. The van der Waals surface area contributed by atoms with Crippen molar-refractivity contribution in [3.8, 4) is 11.6 Å². The highest BCUT2D eigenvalue weighted by molar-refractivity contribution is 6.31. The Bertz CT molecular complexity index is 1290. The molecular formula is C28H32ClN7O2. The van der Waals surface area contributed by atoms with E-state index in [-0.39, 0.29) is 17.8 Å². The number of rotatable bonds is 8. The molecule has 2 saturated heterocycles. The van der Waals surface area contributed by atoms with Gasteiger partial charge in [0, 0.05) is 61.4 Å². The molecule has 0 bridgehead atoms. The second-order valence-electron chi connectivity index (χ2n) is 9.81. The number of carbonyl (C=O) groups is 1. The van der Waals surface area contributed by atoms with Gasteiger partial charge in [-0.15, -0.1) is 0 Å². The Labute approximate surface area is 227 Å². The van der Waals surface area contributed by atoms with Crippen LogP contribution in [0.4, 0.5) is 23.0 Å². The van der Waals surface area contributed by atoms with Gasteiger partial charge in [0.15, 0.2) is 0 Å². The average molecular weight is 534 g/mol. The van der Waals surface area contributed by atoms with Crippen LogP contribution < -0.4 is 25.6 Å². The fourth-order valence-corrected chi connectivity index (χ4v) is 4.91. The average Bonchev–Trinajstić information content (AvgIpc) is 2.87. The van der Waals surface area contributed by atoms with E-state index in [2.05, 4.69) is 63.4 Å². The summed E-state index contributed by atoms with van der Waals surface area (Å²) < 4.78 is 6.00. The van der Waals surface area contributed by atoms with Gasteiger partial charge in [0.2, 0.25) is 17.7 Å². The Morgan fingerprint density at radius 2 is 1.84 bits per heavy atom. The maximum absolute atomic E-state index is 11.7. The Morgan fingerprint density at radius 1 is 1.11 bits per heavy atom. The molecule has 1 amide bonds. The van der Waals surface area contributed by atoms with Gasteiger partial charge < -0.3 is 30.5 Å². The Hall–Kier alpha value is -3.82. The topological polar surface area (TPSA) is 94.7 Å². The first kappa shape index (κ1) is 25.8. The first-order valence-corrected chi connectivity index (χ1v) is 13.1. The summed E-state index contributed by atoms with van der Waals surface area (Å²) in [6, 6.07) is 16.9. The first-order chi connectivity index (χ1) is 18.4. The van der Waals surface area contributed by atoms with Gasteiger partial charge in [-0.05, 0) is 56.3 Å². The molecule has 9 nitrogen and oxygen atoms in total. The van der Waals surface area contributed by atoms with E-state index in [4.69, 9.17) is 16.3 Å². The van der Waals surface area contributed by atoms with E-state index in [1.54, 1.807) is 4.90 Å². The maximum Gasteiger partial charge on any atom is 0.246 e. The number of ether oxygens (including phenoxy) is 1. The van der Waals surface area contributed by atoms with Crippen molar-refractivity contribution in [2.45, 2.75) is 32.0 Å². The first-order valence-electron chi connectivity index (χ1n) is 12.7. The van der Waals surface area contributed by atoms with Crippen molar-refractivity contribution in [1.82, 2.24) is 20.2 Å². The number of amides is 1. The van der Waals surface area contributed by atoms with Crippen LogP contribution in [0.15, 0.2) is 67.4 Å². The molecule has 2 fully saturated rings. The zero-order valence-electron chi connectivity index (χ0n) is 21.5. The van der Waals surface area contributed by atoms with Crippen molar-refractivity contribution >= 4 is 40.5 Å². The zero-order valence-corrected chi connectivity index (χ0v) is 22.3. The Balaban J connectivity index is 1.21. The molecule has 2 aromatic carbocycles. The summed E-state index contributed by atoms with van der Waals surface area (Å²) in [5, 5.41) is 10.5. The van der Waals surface area contributed by atoms with Crippen LogP contribution in [0.3, 0.4) is 0 Å². The number of piperazine rings is 1. The number of anilines is 4. The number of hydrogen-bond acceptors (Lipinski definition) is 8. The van der Waals surface area contributed by atoms with Gasteiger partial charge in [-0.2, -0.15) is 4.98 Å². The number of benzene rings is 2. The molecule has 2 aliphatic rings. The Kier molecular flexibility index (Phi) is 7.67. The van der Waals surface area contributed by atoms with Gasteiger partial charge in [0.25, 0.3) is 0 Å². The summed E-state index contributed by atoms with van der Waals surface area (Å²) in [4.78, 5) is 24.6. The molecule has 1 aromatic heterocycles. The van der Waals surface area contributed by atoms with Crippen molar-refractivity contribution < 1.29 is 9.53 Å². The minimum absolute atomic E-state index is 0.0530. The molecule has 38 heavy (non-hydrogen) atoms. The summed E-state index contributed by atoms with van der Waals surface area (Å²) in [6.07, 6.45) is 2.86. The molecule has 2 unspecified atom stereocenters. The largest absolute Gasteiger partial charge is 0.437 e. The molecule has 0 aliphatic carbocycles. The highest BCUT2D eigenvalue weighted by atomic mass is 35.5. The van der Waals surface area contributed by atoms with Crippen molar-refractivity contribution in [3.63, 3.8) is 0 Å². The van der Waals surface area contributed by atoms with Crippen molar-refractivity contribution in [1.29, 1.82) is 0 Å². The van der Waals surface area contributed by atoms with Gasteiger partial charge in [-0.3, -0.25) is 4.79 Å². The number of nitrogens with zero attached hydrogens (tertiary/aromatic N) is 4. The summed E-state index contributed by atoms with van der Waals surface area (Å²) in [7, 11) is 0. The molecule has 0 spiro atoms. The van der Waals surface area contributed by atoms with Gasteiger partial charge >= 0.3 is 0 Å². The van der Waals surface area contributed by atoms with Gasteiger partial charge in [-0.1, -0.05) is 24.2 Å². The zero-order chi connectivity index (χ0) is 26.6. The molecule has 10 heteroatoms. The lowest BCUT2D eigenvalue weighted by atomic mass is 10.1. The van der Waals surface area contributed by atoms with E-state index >= 15 is 0 Å². The number of aromatic nitrogens is 2. The number of carbonyl (C=O) groups excluding carboxylic acids is 1. The molecular weight excluding hydrogens is 502 g/mol. The molecule has 2 atom stereocenters. The molecule has 0 radical (unpaired) electrons. The van der Waals surface area contributed by atoms with Gasteiger partial charge in [0.1, 0.15) is 10.8 Å². The number of likely N-dealkylation sites (tertiary alicyclic amines) is 1. The van der Waals surface area contributed by atoms with Crippen LogP contribution in [-0.2, 0) is 4.79 Å². The van der Waals surface area contributed by atoms with Gasteiger partial charge in [0.05, 0.1) is 12.2 Å². The third-order valence-electron chi connectivity index (χ3n) is 6.55.